The van der Waals surface area contributed by atoms with Crippen molar-refractivity contribution in [2.24, 2.45) is 0 Å². The average molecular weight is 359 g/mol. The Kier molecular flexibility index (Phi) is 4.58. The highest BCUT2D eigenvalue weighted by Crippen LogP contribution is 2.29. The highest BCUT2D eigenvalue weighted by Gasteiger charge is 2.36. The van der Waals surface area contributed by atoms with E-state index in [0.717, 1.165) is 5.75 Å². The number of anilines is 1. The molecule has 1 aliphatic rings. The van der Waals surface area contributed by atoms with Crippen LogP contribution in [0, 0.1) is 0 Å². The van der Waals surface area contributed by atoms with Crippen LogP contribution in [-0.4, -0.2) is 25.0 Å². The molecule has 0 unspecified atom stereocenters. The van der Waals surface area contributed by atoms with E-state index in [0.29, 0.717) is 35.8 Å². The second-order valence-corrected chi connectivity index (χ2v) is 6.00. The number of carbonyl (C=O) groups excluding carboxylic acids is 2. The molecule has 0 radical (unpaired) electrons. The Morgan fingerprint density at radius 1 is 0.593 bits per heavy atom. The van der Waals surface area contributed by atoms with Gasteiger partial charge in [-0.3, -0.25) is 9.59 Å². The Balaban J connectivity index is 1.37. The van der Waals surface area contributed by atoms with Crippen LogP contribution in [0.4, 0.5) is 5.69 Å². The molecule has 5 nitrogen and oxygen atoms in total. The van der Waals surface area contributed by atoms with Gasteiger partial charge in [0, 0.05) is 0 Å². The van der Waals surface area contributed by atoms with Gasteiger partial charge in [-0.15, -0.1) is 0 Å². The largest absolute Gasteiger partial charge is 0.490 e. The molecule has 0 saturated carbocycles. The van der Waals surface area contributed by atoms with Crippen LogP contribution in [0.3, 0.4) is 0 Å². The number of rotatable bonds is 6. The first-order valence-corrected chi connectivity index (χ1v) is 8.62. The minimum absolute atomic E-state index is 0.305. The summed E-state index contributed by atoms with van der Waals surface area (Å²) >= 11 is 0. The van der Waals surface area contributed by atoms with Crippen molar-refractivity contribution >= 4 is 17.5 Å². The van der Waals surface area contributed by atoms with Crippen molar-refractivity contribution in [2.45, 2.75) is 0 Å². The van der Waals surface area contributed by atoms with E-state index in [1.807, 2.05) is 30.3 Å². The molecule has 0 spiro atoms. The minimum atomic E-state index is -0.305. The number of para-hydroxylation sites is 1. The molecule has 5 heteroatoms. The third-order valence-electron chi connectivity index (χ3n) is 4.25. The molecule has 1 aliphatic heterocycles. The van der Waals surface area contributed by atoms with Gasteiger partial charge in [-0.05, 0) is 48.5 Å². The molecular weight excluding hydrogens is 342 g/mol. The molecule has 134 valence electrons. The third-order valence-corrected chi connectivity index (χ3v) is 4.25. The SMILES string of the molecule is O=C1c2ccccc2C(=O)N1c1ccc(OCCOc2ccccc2)cc1. The van der Waals surface area contributed by atoms with Gasteiger partial charge in [0.25, 0.3) is 11.8 Å². The van der Waals surface area contributed by atoms with Crippen molar-refractivity contribution in [3.8, 4) is 11.5 Å². The second-order valence-electron chi connectivity index (χ2n) is 6.00. The number of ether oxygens (including phenoxy) is 2. The lowest BCUT2D eigenvalue weighted by Gasteiger charge is -2.14. The fourth-order valence-electron chi connectivity index (χ4n) is 2.95. The number of benzene rings is 3. The molecule has 4 rings (SSSR count). The number of imide groups is 1. The van der Waals surface area contributed by atoms with Crippen LogP contribution in [0.2, 0.25) is 0 Å². The zero-order valence-electron chi connectivity index (χ0n) is 14.5. The maximum atomic E-state index is 12.5. The number of fused-ring (bicyclic) bond motifs is 1. The van der Waals surface area contributed by atoms with Crippen LogP contribution in [0.25, 0.3) is 0 Å². The predicted octanol–water partition coefficient (Wildman–Crippen LogP) is 3.95. The van der Waals surface area contributed by atoms with Gasteiger partial charge in [0.15, 0.2) is 0 Å². The molecule has 1 heterocycles. The molecule has 0 N–H and O–H groups in total. The lowest BCUT2D eigenvalue weighted by molar-refractivity contribution is 0.0926. The topological polar surface area (TPSA) is 55.8 Å². The molecule has 27 heavy (non-hydrogen) atoms. The van der Waals surface area contributed by atoms with Gasteiger partial charge in [-0.2, -0.15) is 0 Å². The van der Waals surface area contributed by atoms with E-state index in [4.69, 9.17) is 9.47 Å². The third kappa shape index (κ3) is 3.40. The summed E-state index contributed by atoms with van der Waals surface area (Å²) in [6, 6.07) is 23.2. The van der Waals surface area contributed by atoms with Crippen LogP contribution in [0.1, 0.15) is 20.7 Å². The zero-order chi connectivity index (χ0) is 18.6. The minimum Gasteiger partial charge on any atom is -0.490 e. The molecule has 0 saturated heterocycles. The van der Waals surface area contributed by atoms with Crippen LogP contribution in [0.5, 0.6) is 11.5 Å². The summed E-state index contributed by atoms with van der Waals surface area (Å²) in [6.07, 6.45) is 0. The van der Waals surface area contributed by atoms with E-state index < -0.39 is 0 Å². The summed E-state index contributed by atoms with van der Waals surface area (Å²) in [5.74, 6) is 0.829. The van der Waals surface area contributed by atoms with Crippen LogP contribution < -0.4 is 14.4 Å². The Labute approximate surface area is 156 Å². The molecule has 3 aromatic rings. The summed E-state index contributed by atoms with van der Waals surface area (Å²) in [6.45, 7) is 0.811. The number of hydrogen-bond acceptors (Lipinski definition) is 4. The van der Waals surface area contributed by atoms with Gasteiger partial charge in [-0.1, -0.05) is 30.3 Å². The smallest absolute Gasteiger partial charge is 0.266 e. The summed E-state index contributed by atoms with van der Waals surface area (Å²) in [7, 11) is 0. The van der Waals surface area contributed by atoms with Crippen molar-refractivity contribution in [3.05, 3.63) is 90.0 Å². The first kappa shape index (κ1) is 16.8. The standard InChI is InChI=1S/C22H17NO4/c24-21-19-8-4-5-9-20(19)22(25)23(21)16-10-12-18(13-11-16)27-15-14-26-17-6-2-1-3-7-17/h1-13H,14-15H2. The maximum absolute atomic E-state index is 12.5. The normalized spacial score (nSPS) is 12.8. The van der Waals surface area contributed by atoms with Gasteiger partial charge >= 0.3 is 0 Å². The summed E-state index contributed by atoms with van der Waals surface area (Å²) in [4.78, 5) is 26.2. The fraction of sp³-hybridized carbons (Fsp3) is 0.0909. The number of amides is 2. The van der Waals surface area contributed by atoms with Crippen LogP contribution in [-0.2, 0) is 0 Å². The van der Waals surface area contributed by atoms with Gasteiger partial charge in [-0.25, -0.2) is 4.90 Å². The first-order chi connectivity index (χ1) is 13.2. The van der Waals surface area contributed by atoms with Gasteiger partial charge in [0.1, 0.15) is 24.7 Å². The van der Waals surface area contributed by atoms with Crippen LogP contribution >= 0.6 is 0 Å². The number of carbonyl (C=O) groups is 2. The highest BCUT2D eigenvalue weighted by atomic mass is 16.5. The Morgan fingerprint density at radius 2 is 1.07 bits per heavy atom. The predicted molar refractivity (Wildman–Crippen MR) is 101 cm³/mol. The summed E-state index contributed by atoms with van der Waals surface area (Å²) in [5, 5.41) is 0. The van der Waals surface area contributed by atoms with Crippen molar-refractivity contribution in [3.63, 3.8) is 0 Å². The fourth-order valence-corrected chi connectivity index (χ4v) is 2.95. The van der Waals surface area contributed by atoms with Gasteiger partial charge in [0.05, 0.1) is 16.8 Å². The average Bonchev–Trinajstić information content (AvgIpc) is 2.97. The van der Waals surface area contributed by atoms with Crippen molar-refractivity contribution in [1.82, 2.24) is 0 Å². The molecule has 0 aliphatic carbocycles. The number of hydrogen-bond donors (Lipinski definition) is 0. The molecule has 0 fully saturated rings. The Bertz CT molecular complexity index is 932. The van der Waals surface area contributed by atoms with Crippen molar-refractivity contribution in [1.29, 1.82) is 0 Å². The Morgan fingerprint density at radius 3 is 1.63 bits per heavy atom. The maximum Gasteiger partial charge on any atom is 0.266 e. The van der Waals surface area contributed by atoms with E-state index in [1.165, 1.54) is 4.90 Å². The van der Waals surface area contributed by atoms with Gasteiger partial charge in [0.2, 0.25) is 0 Å². The lowest BCUT2D eigenvalue weighted by atomic mass is 10.1. The van der Waals surface area contributed by atoms with Crippen molar-refractivity contribution in [2.75, 3.05) is 18.1 Å². The van der Waals surface area contributed by atoms with Crippen molar-refractivity contribution < 1.29 is 19.1 Å². The molecule has 0 bridgehead atoms. The zero-order valence-corrected chi connectivity index (χ0v) is 14.5. The van der Waals surface area contributed by atoms with E-state index in [1.54, 1.807) is 48.5 Å². The lowest BCUT2D eigenvalue weighted by Crippen LogP contribution is -2.29. The summed E-state index contributed by atoms with van der Waals surface area (Å²) in [5.41, 5.74) is 1.39. The Hall–Kier alpha value is -3.60. The number of nitrogens with zero attached hydrogens (tertiary/aromatic N) is 1. The summed E-state index contributed by atoms with van der Waals surface area (Å²) < 4.78 is 11.2. The molecule has 0 atom stereocenters. The van der Waals surface area contributed by atoms with E-state index in [2.05, 4.69) is 0 Å². The molecule has 0 aromatic heterocycles. The quantitative estimate of drug-likeness (QED) is 0.494. The van der Waals surface area contributed by atoms with Crippen LogP contribution in [0.15, 0.2) is 78.9 Å². The van der Waals surface area contributed by atoms with E-state index in [9.17, 15) is 9.59 Å². The van der Waals surface area contributed by atoms with E-state index >= 15 is 0 Å². The molecule has 2 amide bonds. The first-order valence-electron chi connectivity index (χ1n) is 8.62. The van der Waals surface area contributed by atoms with E-state index in [-0.39, 0.29) is 11.8 Å². The molecule has 3 aromatic carbocycles. The highest BCUT2D eigenvalue weighted by molar-refractivity contribution is 6.34. The van der Waals surface area contributed by atoms with Gasteiger partial charge < -0.3 is 9.47 Å². The molecular formula is C22H17NO4. The second kappa shape index (κ2) is 7.33. The monoisotopic (exact) mass is 359 g/mol.